The van der Waals surface area contributed by atoms with E-state index in [0.717, 1.165) is 17.6 Å². The summed E-state index contributed by atoms with van der Waals surface area (Å²) >= 11 is 1.06. The minimum atomic E-state index is -3.49. The summed E-state index contributed by atoms with van der Waals surface area (Å²) in [6, 6.07) is 4.31. The molecule has 2 heterocycles. The van der Waals surface area contributed by atoms with Crippen LogP contribution < -0.4 is 14.8 Å². The Kier molecular flexibility index (Phi) is 6.98. The predicted molar refractivity (Wildman–Crippen MR) is 125 cm³/mol. The second-order valence-corrected chi connectivity index (χ2v) is 10.7. The molecule has 0 bridgehead atoms. The van der Waals surface area contributed by atoms with Gasteiger partial charge >= 0.3 is 0 Å². The van der Waals surface area contributed by atoms with E-state index in [2.05, 4.69) is 25.0 Å². The van der Waals surface area contributed by atoms with Crippen LogP contribution >= 0.6 is 11.3 Å². The van der Waals surface area contributed by atoms with Crippen LogP contribution in [0.3, 0.4) is 0 Å². The van der Waals surface area contributed by atoms with Gasteiger partial charge in [-0.1, -0.05) is 6.07 Å². The summed E-state index contributed by atoms with van der Waals surface area (Å²) in [6.45, 7) is 6.96. The summed E-state index contributed by atoms with van der Waals surface area (Å²) in [7, 11) is -3.49. The number of carbonyl (C=O) groups is 1. The molecule has 33 heavy (non-hydrogen) atoms. The average molecular weight is 494 g/mol. The lowest BCUT2D eigenvalue weighted by atomic mass is 9.89. The lowest BCUT2D eigenvalue weighted by Crippen LogP contribution is -2.35. The van der Waals surface area contributed by atoms with Crippen molar-refractivity contribution in [3.63, 3.8) is 0 Å². The Morgan fingerprint density at radius 3 is 2.58 bits per heavy atom. The number of halogens is 1. The Balaban J connectivity index is 1.78. The number of nitrogens with zero attached hydrogens (tertiary/aromatic N) is 3. The van der Waals surface area contributed by atoms with E-state index in [-0.39, 0.29) is 16.9 Å². The van der Waals surface area contributed by atoms with Crippen molar-refractivity contribution < 1.29 is 22.3 Å². The van der Waals surface area contributed by atoms with Crippen LogP contribution in [-0.4, -0.2) is 41.6 Å². The second kappa shape index (κ2) is 9.40. The Morgan fingerprint density at radius 1 is 1.21 bits per heavy atom. The first-order valence-electron chi connectivity index (χ1n) is 9.89. The summed E-state index contributed by atoms with van der Waals surface area (Å²) in [5.74, 6) is -0.821. The Morgan fingerprint density at radius 2 is 1.94 bits per heavy atom. The zero-order valence-corrected chi connectivity index (χ0v) is 20.3. The van der Waals surface area contributed by atoms with Crippen molar-refractivity contribution in [2.75, 3.05) is 16.3 Å². The molecule has 1 aromatic carbocycles. The highest BCUT2D eigenvalue weighted by atomic mass is 32.2. The molecule has 0 atom stereocenters. The van der Waals surface area contributed by atoms with Crippen LogP contribution in [0, 0.1) is 5.82 Å². The average Bonchev–Trinajstić information content (AvgIpc) is 3.16. The molecular formula is C21H24FN5O4S2. The molecule has 0 unspecified atom stereocenters. The quantitative estimate of drug-likeness (QED) is 0.489. The predicted octanol–water partition coefficient (Wildman–Crippen LogP) is 3.81. The Hall–Kier alpha value is -3.12. The zero-order chi connectivity index (χ0) is 24.4. The van der Waals surface area contributed by atoms with E-state index >= 15 is 0 Å². The largest absolute Gasteiger partial charge is 0.474 e. The fourth-order valence-corrected chi connectivity index (χ4v) is 4.45. The molecule has 1 amide bonds. The molecule has 0 fully saturated rings. The molecule has 0 aliphatic rings. The van der Waals surface area contributed by atoms with Crippen LogP contribution in [0.2, 0.25) is 0 Å². The SMILES string of the molecule is CC(C)Oc1cncc(-c2ccc(NC(=O)C(C)(C)c3csc(NS(C)(=O)=O)n3)c(F)c2)n1. The van der Waals surface area contributed by atoms with Crippen LogP contribution in [-0.2, 0) is 20.2 Å². The van der Waals surface area contributed by atoms with Gasteiger partial charge in [-0.25, -0.2) is 22.8 Å². The van der Waals surface area contributed by atoms with Crippen LogP contribution in [0.15, 0.2) is 36.0 Å². The Labute approximate surface area is 195 Å². The molecule has 3 rings (SSSR count). The number of anilines is 2. The zero-order valence-electron chi connectivity index (χ0n) is 18.7. The van der Waals surface area contributed by atoms with Crippen molar-refractivity contribution in [2.45, 2.75) is 39.2 Å². The maximum Gasteiger partial charge on any atom is 0.236 e. The molecule has 3 aromatic rings. The fourth-order valence-electron chi connectivity index (χ4n) is 2.72. The van der Waals surface area contributed by atoms with Gasteiger partial charge in [-0.3, -0.25) is 14.5 Å². The number of carbonyl (C=O) groups excluding carboxylic acids is 1. The maximum atomic E-state index is 14.8. The Bertz CT molecular complexity index is 1280. The number of aromatic nitrogens is 3. The molecule has 0 spiro atoms. The molecule has 9 nitrogen and oxygen atoms in total. The van der Waals surface area contributed by atoms with Gasteiger partial charge in [0.2, 0.25) is 21.8 Å². The van der Waals surface area contributed by atoms with Gasteiger partial charge in [0.15, 0.2) is 5.13 Å². The van der Waals surface area contributed by atoms with Gasteiger partial charge in [0, 0.05) is 10.9 Å². The molecule has 0 saturated carbocycles. The van der Waals surface area contributed by atoms with Crippen LogP contribution in [0.25, 0.3) is 11.3 Å². The van der Waals surface area contributed by atoms with Crippen molar-refractivity contribution in [3.8, 4) is 17.1 Å². The highest BCUT2D eigenvalue weighted by molar-refractivity contribution is 7.92. The smallest absolute Gasteiger partial charge is 0.236 e. The van der Waals surface area contributed by atoms with Gasteiger partial charge in [-0.15, -0.1) is 11.3 Å². The normalized spacial score (nSPS) is 12.0. The van der Waals surface area contributed by atoms with Gasteiger partial charge in [0.05, 0.1) is 47.2 Å². The molecular weight excluding hydrogens is 469 g/mol. The molecule has 0 radical (unpaired) electrons. The van der Waals surface area contributed by atoms with Crippen LogP contribution in [0.1, 0.15) is 33.4 Å². The molecule has 0 aliphatic heterocycles. The van der Waals surface area contributed by atoms with E-state index in [9.17, 15) is 17.6 Å². The first kappa shape index (κ1) is 24.5. The minimum Gasteiger partial charge on any atom is -0.474 e. The summed E-state index contributed by atoms with van der Waals surface area (Å²) < 4.78 is 45.4. The van der Waals surface area contributed by atoms with Crippen molar-refractivity contribution in [2.24, 2.45) is 0 Å². The molecule has 176 valence electrons. The van der Waals surface area contributed by atoms with Gasteiger partial charge in [0.25, 0.3) is 0 Å². The number of hydrogen-bond donors (Lipinski definition) is 2. The molecule has 12 heteroatoms. The highest BCUT2D eigenvalue weighted by Gasteiger charge is 2.33. The third kappa shape index (κ3) is 6.23. The molecule has 0 saturated heterocycles. The van der Waals surface area contributed by atoms with Crippen molar-refractivity contribution in [1.82, 2.24) is 15.0 Å². The monoisotopic (exact) mass is 493 g/mol. The molecule has 0 aliphatic carbocycles. The van der Waals surface area contributed by atoms with Crippen LogP contribution in [0.5, 0.6) is 5.88 Å². The number of thiazole rings is 1. The van der Waals surface area contributed by atoms with Crippen molar-refractivity contribution in [3.05, 3.63) is 47.5 Å². The highest BCUT2D eigenvalue weighted by Crippen LogP contribution is 2.30. The number of benzene rings is 1. The standard InChI is InChI=1S/C21H24FN5O4S2/c1-12(2)31-18-10-23-9-16(24-18)13-6-7-15(14(22)8-13)25-19(28)21(3,4)17-11-32-20(26-17)27-33(5,29)30/h6-12H,1-5H3,(H,25,28)(H,26,27). The summed E-state index contributed by atoms with van der Waals surface area (Å²) in [6.07, 6.45) is 3.90. The number of rotatable bonds is 8. The van der Waals surface area contributed by atoms with Gasteiger partial charge in [-0.05, 0) is 39.8 Å². The third-order valence-electron chi connectivity index (χ3n) is 4.47. The van der Waals surface area contributed by atoms with E-state index in [0.29, 0.717) is 22.8 Å². The number of nitrogens with one attached hydrogen (secondary N) is 2. The van der Waals surface area contributed by atoms with E-state index in [1.54, 1.807) is 25.3 Å². The van der Waals surface area contributed by atoms with Gasteiger partial charge in [0.1, 0.15) is 5.82 Å². The first-order valence-corrected chi connectivity index (χ1v) is 12.7. The molecule has 2 N–H and O–H groups in total. The number of sulfonamides is 1. The van der Waals surface area contributed by atoms with Gasteiger partial charge < -0.3 is 10.1 Å². The second-order valence-electron chi connectivity index (χ2n) is 8.10. The lowest BCUT2D eigenvalue weighted by Gasteiger charge is -2.22. The van der Waals surface area contributed by atoms with E-state index in [1.165, 1.54) is 24.5 Å². The topological polar surface area (TPSA) is 123 Å². The molecule has 2 aromatic heterocycles. The van der Waals surface area contributed by atoms with Crippen molar-refractivity contribution in [1.29, 1.82) is 0 Å². The minimum absolute atomic E-state index is 0.0101. The van der Waals surface area contributed by atoms with Crippen molar-refractivity contribution >= 4 is 38.1 Å². The van der Waals surface area contributed by atoms with E-state index in [1.807, 2.05) is 13.8 Å². The number of hydrogen-bond acceptors (Lipinski definition) is 8. The summed E-state index contributed by atoms with van der Waals surface area (Å²) in [5, 5.41) is 4.30. The van der Waals surface area contributed by atoms with Crippen LogP contribution in [0.4, 0.5) is 15.2 Å². The third-order valence-corrected chi connectivity index (χ3v) is 5.92. The summed E-state index contributed by atoms with van der Waals surface area (Å²) in [4.78, 5) is 25.5. The fraction of sp³-hybridized carbons (Fsp3) is 0.333. The number of amides is 1. The van der Waals surface area contributed by atoms with E-state index < -0.39 is 27.2 Å². The van der Waals surface area contributed by atoms with Gasteiger partial charge in [-0.2, -0.15) is 0 Å². The lowest BCUT2D eigenvalue weighted by molar-refractivity contribution is -0.120. The number of ether oxygens (including phenoxy) is 1. The summed E-state index contributed by atoms with van der Waals surface area (Å²) in [5.41, 5.74) is 0.100. The van der Waals surface area contributed by atoms with E-state index in [4.69, 9.17) is 4.74 Å². The maximum absolute atomic E-state index is 14.8. The first-order chi connectivity index (χ1) is 15.3.